The lowest BCUT2D eigenvalue weighted by molar-refractivity contribution is -0.109. The minimum Gasteiger partial charge on any atom is -0.457 e. The van der Waals surface area contributed by atoms with Crippen LogP contribution in [0, 0.1) is 11.8 Å². The van der Waals surface area contributed by atoms with Crippen LogP contribution in [-0.2, 0) is 4.79 Å². The van der Waals surface area contributed by atoms with Crippen molar-refractivity contribution in [3.63, 3.8) is 0 Å². The second-order valence-electron chi connectivity index (χ2n) is 4.02. The first kappa shape index (κ1) is 14.2. The zero-order valence-electron chi connectivity index (χ0n) is 11.1. The Hall–Kier alpha value is -2.18. The van der Waals surface area contributed by atoms with Crippen molar-refractivity contribution in [3.8, 4) is 23.3 Å². The average Bonchev–Trinajstić information content (AvgIpc) is 2.46. The Kier molecular flexibility index (Phi) is 5.28. The number of thioether (sulfide) groups is 1. The molecule has 0 spiro atoms. The molecule has 0 aliphatic carbocycles. The minimum absolute atomic E-state index is 0.0888. The summed E-state index contributed by atoms with van der Waals surface area (Å²) in [5, 5.41) is 0.0888. The molecule has 2 nitrogen and oxygen atoms in total. The smallest absolute Gasteiger partial charge is 0.186 e. The summed E-state index contributed by atoms with van der Waals surface area (Å²) in [6.45, 7) is 1.54. The van der Waals surface area contributed by atoms with Gasteiger partial charge in [0.25, 0.3) is 0 Å². The molecule has 0 fully saturated rings. The van der Waals surface area contributed by atoms with Crippen molar-refractivity contribution >= 4 is 16.9 Å². The third-order valence-electron chi connectivity index (χ3n) is 2.41. The highest BCUT2D eigenvalue weighted by Crippen LogP contribution is 2.20. The van der Waals surface area contributed by atoms with Gasteiger partial charge in [0.1, 0.15) is 11.5 Å². The molecular formula is C17H14O2S. The summed E-state index contributed by atoms with van der Waals surface area (Å²) in [6.07, 6.45) is 0. The lowest BCUT2D eigenvalue weighted by Crippen LogP contribution is -1.84. The molecule has 0 aliphatic heterocycles. The minimum atomic E-state index is 0.0888. The van der Waals surface area contributed by atoms with E-state index in [0.29, 0.717) is 5.75 Å². The lowest BCUT2D eigenvalue weighted by Gasteiger charge is -2.04. The second kappa shape index (κ2) is 7.42. The van der Waals surface area contributed by atoms with Crippen LogP contribution >= 0.6 is 11.8 Å². The highest BCUT2D eigenvalue weighted by molar-refractivity contribution is 8.13. The molecule has 100 valence electrons. The number of para-hydroxylation sites is 1. The van der Waals surface area contributed by atoms with Gasteiger partial charge < -0.3 is 4.74 Å². The van der Waals surface area contributed by atoms with Crippen molar-refractivity contribution in [2.75, 3.05) is 5.75 Å². The predicted molar refractivity (Wildman–Crippen MR) is 83.0 cm³/mol. The monoisotopic (exact) mass is 282 g/mol. The van der Waals surface area contributed by atoms with Gasteiger partial charge in [0.15, 0.2) is 5.12 Å². The highest BCUT2D eigenvalue weighted by Gasteiger charge is 1.96. The summed E-state index contributed by atoms with van der Waals surface area (Å²) in [4.78, 5) is 10.8. The van der Waals surface area contributed by atoms with E-state index in [1.165, 1.54) is 11.8 Å². The summed E-state index contributed by atoms with van der Waals surface area (Å²) < 4.78 is 5.69. The van der Waals surface area contributed by atoms with Crippen LogP contribution in [0.5, 0.6) is 11.5 Å². The molecular weight excluding hydrogens is 268 g/mol. The molecule has 0 atom stereocenters. The molecule has 0 amide bonds. The van der Waals surface area contributed by atoms with Crippen molar-refractivity contribution in [2.45, 2.75) is 6.92 Å². The van der Waals surface area contributed by atoms with E-state index in [-0.39, 0.29) is 5.12 Å². The average molecular weight is 282 g/mol. The van der Waals surface area contributed by atoms with Gasteiger partial charge in [-0.15, -0.1) is 0 Å². The molecule has 20 heavy (non-hydrogen) atoms. The summed E-state index contributed by atoms with van der Waals surface area (Å²) in [5.74, 6) is 8.08. The van der Waals surface area contributed by atoms with Crippen molar-refractivity contribution in [1.29, 1.82) is 0 Å². The van der Waals surface area contributed by atoms with E-state index in [2.05, 4.69) is 11.8 Å². The third-order valence-corrected chi connectivity index (χ3v) is 3.11. The second-order valence-corrected chi connectivity index (χ2v) is 5.17. The van der Waals surface area contributed by atoms with E-state index in [4.69, 9.17) is 4.74 Å². The molecule has 0 N–H and O–H groups in total. The van der Waals surface area contributed by atoms with E-state index in [1.807, 2.05) is 54.6 Å². The Bertz CT molecular complexity index is 622. The van der Waals surface area contributed by atoms with Gasteiger partial charge >= 0.3 is 0 Å². The Labute approximate surface area is 123 Å². The number of hydrogen-bond donors (Lipinski definition) is 0. The van der Waals surface area contributed by atoms with E-state index < -0.39 is 0 Å². The van der Waals surface area contributed by atoms with Crippen molar-refractivity contribution < 1.29 is 9.53 Å². The molecule has 0 bridgehead atoms. The van der Waals surface area contributed by atoms with E-state index in [9.17, 15) is 4.79 Å². The molecule has 0 aromatic heterocycles. The van der Waals surface area contributed by atoms with Crippen LogP contribution in [0.3, 0.4) is 0 Å². The lowest BCUT2D eigenvalue weighted by atomic mass is 10.2. The quantitative estimate of drug-likeness (QED) is 0.792. The fraction of sp³-hybridized carbons (Fsp3) is 0.118. The molecule has 0 heterocycles. The molecule has 0 saturated carbocycles. The topological polar surface area (TPSA) is 26.3 Å². The number of carbonyl (C=O) groups is 1. The van der Waals surface area contributed by atoms with Crippen LogP contribution in [-0.4, -0.2) is 10.9 Å². The van der Waals surface area contributed by atoms with Gasteiger partial charge in [-0.3, -0.25) is 4.79 Å². The van der Waals surface area contributed by atoms with Gasteiger partial charge in [-0.2, -0.15) is 0 Å². The van der Waals surface area contributed by atoms with E-state index >= 15 is 0 Å². The maximum Gasteiger partial charge on any atom is 0.186 e. The van der Waals surface area contributed by atoms with Crippen LogP contribution in [0.4, 0.5) is 0 Å². The van der Waals surface area contributed by atoms with Crippen molar-refractivity contribution in [1.82, 2.24) is 0 Å². The van der Waals surface area contributed by atoms with Gasteiger partial charge in [0.2, 0.25) is 0 Å². The predicted octanol–water partition coefficient (Wildman–Crippen LogP) is 4.11. The van der Waals surface area contributed by atoms with Crippen LogP contribution < -0.4 is 4.74 Å². The molecule has 0 aliphatic rings. The van der Waals surface area contributed by atoms with Crippen LogP contribution in [0.1, 0.15) is 12.5 Å². The van der Waals surface area contributed by atoms with Gasteiger partial charge in [0.05, 0.1) is 5.75 Å². The van der Waals surface area contributed by atoms with Crippen molar-refractivity contribution in [3.05, 3.63) is 60.2 Å². The van der Waals surface area contributed by atoms with Gasteiger partial charge in [0, 0.05) is 12.5 Å². The summed E-state index contributed by atoms with van der Waals surface area (Å²) in [7, 11) is 0. The Morgan fingerprint density at radius 2 is 1.70 bits per heavy atom. The van der Waals surface area contributed by atoms with Gasteiger partial charge in [-0.05, 0) is 36.4 Å². The first-order valence-corrected chi connectivity index (χ1v) is 7.18. The van der Waals surface area contributed by atoms with Gasteiger partial charge in [-0.1, -0.05) is 41.8 Å². The normalized spacial score (nSPS) is 9.45. The SMILES string of the molecule is CC(=O)SCC#Cc1ccc(Oc2ccccc2)cc1. The third kappa shape index (κ3) is 4.83. The summed E-state index contributed by atoms with van der Waals surface area (Å²) in [5.41, 5.74) is 0.912. The van der Waals surface area contributed by atoms with Crippen molar-refractivity contribution in [2.24, 2.45) is 0 Å². The van der Waals surface area contributed by atoms with E-state index in [1.54, 1.807) is 6.92 Å². The van der Waals surface area contributed by atoms with Crippen LogP contribution in [0.15, 0.2) is 54.6 Å². The Morgan fingerprint density at radius 1 is 1.05 bits per heavy atom. The number of ether oxygens (including phenoxy) is 1. The van der Waals surface area contributed by atoms with E-state index in [0.717, 1.165) is 17.1 Å². The Morgan fingerprint density at radius 3 is 2.35 bits per heavy atom. The molecule has 2 aromatic carbocycles. The van der Waals surface area contributed by atoms with Crippen LogP contribution in [0.2, 0.25) is 0 Å². The molecule has 3 heteroatoms. The summed E-state index contributed by atoms with van der Waals surface area (Å²) >= 11 is 1.22. The molecule has 0 saturated heterocycles. The first-order valence-electron chi connectivity index (χ1n) is 6.19. The highest BCUT2D eigenvalue weighted by atomic mass is 32.2. The largest absolute Gasteiger partial charge is 0.457 e. The standard InChI is InChI=1S/C17H14O2S/c1-14(18)20-13-5-6-15-9-11-17(12-10-15)19-16-7-3-2-4-8-16/h2-4,7-12H,13H2,1H3. The first-order chi connectivity index (χ1) is 9.74. The molecule has 0 unspecified atom stereocenters. The fourth-order valence-corrected chi connectivity index (χ4v) is 1.85. The molecule has 0 radical (unpaired) electrons. The zero-order valence-corrected chi connectivity index (χ0v) is 11.9. The zero-order chi connectivity index (χ0) is 14.2. The number of rotatable bonds is 3. The number of benzene rings is 2. The maximum atomic E-state index is 10.8. The fourth-order valence-electron chi connectivity index (χ4n) is 1.51. The van der Waals surface area contributed by atoms with Crippen LogP contribution in [0.25, 0.3) is 0 Å². The molecule has 2 aromatic rings. The maximum absolute atomic E-state index is 10.8. The Balaban J connectivity index is 1.94. The van der Waals surface area contributed by atoms with Gasteiger partial charge in [-0.25, -0.2) is 0 Å². The number of carbonyl (C=O) groups excluding carboxylic acids is 1. The summed E-state index contributed by atoms with van der Waals surface area (Å²) in [6, 6.07) is 17.2. The number of hydrogen-bond acceptors (Lipinski definition) is 3. The molecule has 2 rings (SSSR count).